The minimum atomic E-state index is -0.761. The molecule has 102 valence electrons. The van der Waals surface area contributed by atoms with E-state index in [2.05, 4.69) is 0 Å². The molecular formula is C13H15NO5. The Morgan fingerprint density at radius 1 is 1.42 bits per heavy atom. The zero-order valence-electron chi connectivity index (χ0n) is 10.6. The number of unbranched alkanes of at least 4 members (excludes halogenated alkanes) is 1. The van der Waals surface area contributed by atoms with Gasteiger partial charge in [-0.2, -0.15) is 0 Å². The molecule has 0 saturated carbocycles. The van der Waals surface area contributed by atoms with E-state index in [0.29, 0.717) is 12.7 Å². The topological polar surface area (TPSA) is 86.5 Å². The molecule has 0 aliphatic carbocycles. The first-order valence-corrected chi connectivity index (χ1v) is 5.99. The number of aldehydes is 1. The molecule has 0 amide bonds. The number of benzene rings is 1. The summed E-state index contributed by atoms with van der Waals surface area (Å²) in [5.41, 5.74) is 0.0865. The first-order chi connectivity index (χ1) is 9.08. The molecule has 0 bridgehead atoms. The van der Waals surface area contributed by atoms with Gasteiger partial charge in [0.05, 0.1) is 10.5 Å². The summed E-state index contributed by atoms with van der Waals surface area (Å²) >= 11 is 0. The fourth-order valence-corrected chi connectivity index (χ4v) is 1.48. The molecule has 6 nitrogen and oxygen atoms in total. The molecular weight excluding hydrogens is 250 g/mol. The third-order valence-corrected chi connectivity index (χ3v) is 2.57. The van der Waals surface area contributed by atoms with Crippen LogP contribution >= 0.6 is 0 Å². The molecule has 1 unspecified atom stereocenters. The van der Waals surface area contributed by atoms with Gasteiger partial charge in [-0.25, -0.2) is 4.79 Å². The number of nitro groups is 1. The molecule has 0 heterocycles. The molecule has 0 fully saturated rings. The second-order valence-electron chi connectivity index (χ2n) is 4.03. The van der Waals surface area contributed by atoms with Gasteiger partial charge in [0, 0.05) is 12.1 Å². The fraction of sp³-hybridized carbons (Fsp3) is 0.385. The fourth-order valence-electron chi connectivity index (χ4n) is 1.48. The van der Waals surface area contributed by atoms with E-state index < -0.39 is 17.0 Å². The Morgan fingerprint density at radius 3 is 2.53 bits per heavy atom. The van der Waals surface area contributed by atoms with Gasteiger partial charge < -0.3 is 4.74 Å². The van der Waals surface area contributed by atoms with Crippen LogP contribution in [0.25, 0.3) is 0 Å². The van der Waals surface area contributed by atoms with Crippen molar-refractivity contribution in [3.05, 3.63) is 39.9 Å². The quantitative estimate of drug-likeness (QED) is 0.327. The van der Waals surface area contributed by atoms with Crippen molar-refractivity contribution in [2.45, 2.75) is 32.3 Å². The summed E-state index contributed by atoms with van der Waals surface area (Å²) in [6.45, 7) is 1.97. The third-order valence-electron chi connectivity index (χ3n) is 2.57. The van der Waals surface area contributed by atoms with Crippen LogP contribution in [0.5, 0.6) is 0 Å². The molecule has 0 aromatic heterocycles. The summed E-state index contributed by atoms with van der Waals surface area (Å²) in [5.74, 6) is -0.650. The van der Waals surface area contributed by atoms with Gasteiger partial charge in [-0.15, -0.1) is 0 Å². The Kier molecular flexibility index (Phi) is 5.66. The van der Waals surface area contributed by atoms with Crippen molar-refractivity contribution in [1.29, 1.82) is 0 Å². The Bertz CT molecular complexity index is 455. The molecule has 0 saturated heterocycles. The highest BCUT2D eigenvalue weighted by Crippen LogP contribution is 2.14. The van der Waals surface area contributed by atoms with Crippen molar-refractivity contribution < 1.29 is 19.2 Å². The lowest BCUT2D eigenvalue weighted by atomic mass is 10.1. The van der Waals surface area contributed by atoms with Crippen molar-refractivity contribution in [2.75, 3.05) is 0 Å². The SMILES string of the molecule is CCCCC(C=O)OC(=O)c1ccc([N+](=O)[O-])cc1. The van der Waals surface area contributed by atoms with E-state index in [-0.39, 0.29) is 11.3 Å². The zero-order valence-corrected chi connectivity index (χ0v) is 10.6. The van der Waals surface area contributed by atoms with Gasteiger partial charge in [-0.1, -0.05) is 13.3 Å². The Hall–Kier alpha value is -2.24. The maximum Gasteiger partial charge on any atom is 0.338 e. The van der Waals surface area contributed by atoms with E-state index in [1.165, 1.54) is 24.3 Å². The summed E-state index contributed by atoms with van der Waals surface area (Å²) in [6.07, 6.45) is 2.01. The number of nitrogens with zero attached hydrogens (tertiary/aromatic N) is 1. The molecule has 0 N–H and O–H groups in total. The average Bonchev–Trinajstić information content (AvgIpc) is 2.43. The van der Waals surface area contributed by atoms with E-state index >= 15 is 0 Å². The number of hydrogen-bond donors (Lipinski definition) is 0. The largest absolute Gasteiger partial charge is 0.451 e. The van der Waals surface area contributed by atoms with E-state index in [1.807, 2.05) is 6.92 Å². The molecule has 1 atom stereocenters. The lowest BCUT2D eigenvalue weighted by Crippen LogP contribution is -2.19. The summed E-state index contributed by atoms with van der Waals surface area (Å²) in [7, 11) is 0. The van der Waals surface area contributed by atoms with Crippen molar-refractivity contribution in [3.8, 4) is 0 Å². The van der Waals surface area contributed by atoms with Crippen LogP contribution < -0.4 is 0 Å². The molecule has 1 aromatic carbocycles. The van der Waals surface area contributed by atoms with E-state index in [4.69, 9.17) is 4.74 Å². The Morgan fingerprint density at radius 2 is 2.05 bits per heavy atom. The van der Waals surface area contributed by atoms with E-state index in [1.54, 1.807) is 0 Å². The summed E-state index contributed by atoms with van der Waals surface area (Å²) in [5, 5.41) is 10.5. The van der Waals surface area contributed by atoms with E-state index in [0.717, 1.165) is 12.8 Å². The maximum absolute atomic E-state index is 11.7. The van der Waals surface area contributed by atoms with Crippen molar-refractivity contribution >= 4 is 17.9 Å². The molecule has 6 heteroatoms. The maximum atomic E-state index is 11.7. The minimum Gasteiger partial charge on any atom is -0.451 e. The van der Waals surface area contributed by atoms with Gasteiger partial charge in [0.2, 0.25) is 0 Å². The molecule has 1 aromatic rings. The lowest BCUT2D eigenvalue weighted by Gasteiger charge is -2.11. The number of hydrogen-bond acceptors (Lipinski definition) is 5. The van der Waals surface area contributed by atoms with Crippen LogP contribution in [0, 0.1) is 10.1 Å². The number of esters is 1. The number of carbonyl (C=O) groups is 2. The highest BCUT2D eigenvalue weighted by atomic mass is 16.6. The zero-order chi connectivity index (χ0) is 14.3. The first-order valence-electron chi connectivity index (χ1n) is 5.99. The molecule has 0 aliphatic heterocycles. The predicted octanol–water partition coefficient (Wildman–Crippen LogP) is 2.51. The van der Waals surface area contributed by atoms with Crippen molar-refractivity contribution in [3.63, 3.8) is 0 Å². The van der Waals surface area contributed by atoms with Crippen LogP contribution in [0.2, 0.25) is 0 Å². The van der Waals surface area contributed by atoms with Crippen molar-refractivity contribution in [1.82, 2.24) is 0 Å². The average molecular weight is 265 g/mol. The number of ether oxygens (including phenoxy) is 1. The molecule has 19 heavy (non-hydrogen) atoms. The highest BCUT2D eigenvalue weighted by molar-refractivity contribution is 5.90. The number of non-ortho nitro benzene ring substituents is 1. The number of carbonyl (C=O) groups excluding carboxylic acids is 2. The first kappa shape index (κ1) is 14.8. The van der Waals surface area contributed by atoms with Crippen molar-refractivity contribution in [2.24, 2.45) is 0 Å². The van der Waals surface area contributed by atoms with Crippen LogP contribution in [-0.4, -0.2) is 23.3 Å². The van der Waals surface area contributed by atoms with Crippen LogP contribution in [0.3, 0.4) is 0 Å². The highest BCUT2D eigenvalue weighted by Gasteiger charge is 2.15. The Labute approximate surface area is 110 Å². The normalized spacial score (nSPS) is 11.6. The predicted molar refractivity (Wildman–Crippen MR) is 67.9 cm³/mol. The summed E-state index contributed by atoms with van der Waals surface area (Å²) < 4.78 is 5.01. The second kappa shape index (κ2) is 7.25. The van der Waals surface area contributed by atoms with Gasteiger partial charge in [-0.05, 0) is 25.0 Å². The van der Waals surface area contributed by atoms with Gasteiger partial charge in [0.1, 0.15) is 0 Å². The molecule has 0 radical (unpaired) electrons. The molecule has 1 rings (SSSR count). The van der Waals surface area contributed by atoms with Crippen LogP contribution in [0.1, 0.15) is 36.5 Å². The van der Waals surface area contributed by atoms with Gasteiger partial charge in [0.15, 0.2) is 12.4 Å². The molecule has 0 aliphatic rings. The van der Waals surface area contributed by atoms with E-state index in [9.17, 15) is 19.7 Å². The lowest BCUT2D eigenvalue weighted by molar-refractivity contribution is -0.384. The smallest absolute Gasteiger partial charge is 0.338 e. The Balaban J connectivity index is 2.66. The molecule has 0 spiro atoms. The van der Waals surface area contributed by atoms with Gasteiger partial charge in [0.25, 0.3) is 5.69 Å². The second-order valence-corrected chi connectivity index (χ2v) is 4.03. The van der Waals surface area contributed by atoms with Crippen LogP contribution in [-0.2, 0) is 9.53 Å². The third kappa shape index (κ3) is 4.50. The monoisotopic (exact) mass is 265 g/mol. The van der Waals surface area contributed by atoms with Gasteiger partial charge >= 0.3 is 5.97 Å². The van der Waals surface area contributed by atoms with Crippen LogP contribution in [0.15, 0.2) is 24.3 Å². The summed E-state index contributed by atoms with van der Waals surface area (Å²) in [6, 6.07) is 5.06. The minimum absolute atomic E-state index is 0.102. The standard InChI is InChI=1S/C13H15NO5/c1-2-3-4-12(9-15)19-13(16)10-5-7-11(8-6-10)14(17)18/h5-9,12H,2-4H2,1H3. The van der Waals surface area contributed by atoms with Gasteiger partial charge in [-0.3, -0.25) is 14.9 Å². The number of rotatable bonds is 7. The van der Waals surface area contributed by atoms with Crippen LogP contribution in [0.4, 0.5) is 5.69 Å². The number of nitro benzene ring substituents is 1. The summed E-state index contributed by atoms with van der Waals surface area (Å²) in [4.78, 5) is 32.4.